The van der Waals surface area contributed by atoms with Crippen molar-refractivity contribution in [2.75, 3.05) is 6.79 Å². The fourth-order valence-electron chi connectivity index (χ4n) is 1.69. The number of benzene rings is 1. The molecule has 0 saturated heterocycles. The van der Waals surface area contributed by atoms with E-state index in [1.807, 2.05) is 0 Å². The Balaban J connectivity index is 2.44. The van der Waals surface area contributed by atoms with Crippen molar-refractivity contribution >= 4 is 12.0 Å². The average Bonchev–Trinajstić information content (AvgIpc) is 2.36. The van der Waals surface area contributed by atoms with Crippen LogP contribution in [-0.4, -0.2) is 30.1 Å². The number of fused-ring (bicyclic) bond motifs is 1. The number of rotatable bonds is 2. The van der Waals surface area contributed by atoms with Crippen molar-refractivity contribution in [3.8, 4) is 5.75 Å². The van der Waals surface area contributed by atoms with Crippen LogP contribution >= 0.6 is 0 Å². The largest absolute Gasteiger partial charge is 0.475 e. The molecule has 7 heteroatoms. The molecule has 4 nitrogen and oxygen atoms in total. The number of para-hydroxylation sites is 1. The van der Waals surface area contributed by atoms with E-state index in [2.05, 4.69) is 4.74 Å². The first-order valence-electron chi connectivity index (χ1n) is 5.25. The quantitative estimate of drug-likeness (QED) is 0.661. The first kappa shape index (κ1) is 13.4. The first-order chi connectivity index (χ1) is 8.93. The molecule has 1 unspecified atom stereocenters. The molecule has 2 rings (SSSR count). The van der Waals surface area contributed by atoms with E-state index < -0.39 is 30.6 Å². The molecular formula is C12H9F3O4. The number of halogens is 3. The molecule has 0 fully saturated rings. The predicted octanol–water partition coefficient (Wildman–Crippen LogP) is 1.89. The average molecular weight is 274 g/mol. The number of aliphatic hydroxyl groups excluding tert-OH is 1. The van der Waals surface area contributed by atoms with E-state index in [9.17, 15) is 18.0 Å². The van der Waals surface area contributed by atoms with Gasteiger partial charge >= 0.3 is 12.1 Å². The molecule has 0 bridgehead atoms. The number of esters is 1. The maximum absolute atomic E-state index is 12.8. The molecular weight excluding hydrogens is 265 g/mol. The van der Waals surface area contributed by atoms with Crippen LogP contribution in [0.4, 0.5) is 13.2 Å². The van der Waals surface area contributed by atoms with Gasteiger partial charge in [0, 0.05) is 5.56 Å². The van der Waals surface area contributed by atoms with E-state index in [0.29, 0.717) is 5.56 Å². The van der Waals surface area contributed by atoms with Crippen molar-refractivity contribution in [1.82, 2.24) is 0 Å². The molecule has 1 aliphatic heterocycles. The molecule has 1 heterocycles. The van der Waals surface area contributed by atoms with Gasteiger partial charge in [0.15, 0.2) is 6.79 Å². The van der Waals surface area contributed by atoms with Gasteiger partial charge < -0.3 is 14.6 Å². The van der Waals surface area contributed by atoms with Crippen LogP contribution < -0.4 is 4.74 Å². The molecule has 1 atom stereocenters. The van der Waals surface area contributed by atoms with E-state index >= 15 is 0 Å². The van der Waals surface area contributed by atoms with Crippen LogP contribution in [0.2, 0.25) is 0 Å². The third-order valence-corrected chi connectivity index (χ3v) is 2.49. The number of carbonyl (C=O) groups excluding carboxylic acids is 1. The van der Waals surface area contributed by atoms with Gasteiger partial charge in [0.25, 0.3) is 0 Å². The van der Waals surface area contributed by atoms with Crippen molar-refractivity contribution in [3.63, 3.8) is 0 Å². The molecule has 19 heavy (non-hydrogen) atoms. The second-order valence-electron chi connectivity index (χ2n) is 3.74. The van der Waals surface area contributed by atoms with Crippen molar-refractivity contribution in [3.05, 3.63) is 35.4 Å². The Hall–Kier alpha value is -2.02. The van der Waals surface area contributed by atoms with Crippen LogP contribution in [0.1, 0.15) is 5.56 Å². The molecule has 1 aliphatic rings. The lowest BCUT2D eigenvalue weighted by molar-refractivity contribution is -0.189. The molecule has 102 valence electrons. The zero-order valence-electron chi connectivity index (χ0n) is 9.48. The minimum absolute atomic E-state index is 0.0328. The van der Waals surface area contributed by atoms with Crippen molar-refractivity contribution in [2.45, 2.75) is 12.3 Å². The molecule has 0 aliphatic carbocycles. The highest BCUT2D eigenvalue weighted by Gasteiger charge is 2.48. The fourth-order valence-corrected chi connectivity index (χ4v) is 1.69. The minimum Gasteiger partial charge on any atom is -0.475 e. The van der Waals surface area contributed by atoms with Gasteiger partial charge in [-0.2, -0.15) is 13.2 Å². The Morgan fingerprint density at radius 3 is 2.68 bits per heavy atom. The summed E-state index contributed by atoms with van der Waals surface area (Å²) < 4.78 is 47.5. The minimum atomic E-state index is -4.76. The van der Waals surface area contributed by atoms with Crippen LogP contribution in [0.3, 0.4) is 0 Å². The van der Waals surface area contributed by atoms with E-state index in [0.717, 1.165) is 6.08 Å². The van der Waals surface area contributed by atoms with E-state index in [-0.39, 0.29) is 5.75 Å². The molecule has 0 aromatic heterocycles. The van der Waals surface area contributed by atoms with Crippen LogP contribution in [0.25, 0.3) is 6.08 Å². The molecule has 0 radical (unpaired) electrons. The van der Waals surface area contributed by atoms with Crippen LogP contribution in [0, 0.1) is 0 Å². The standard InChI is InChI=1S/C12H9F3O4/c13-12(14,15)10-8(11(17)18-6-16)5-7-3-1-2-4-9(7)19-10/h1-5,10,16H,6H2. The zero-order valence-corrected chi connectivity index (χ0v) is 9.48. The monoisotopic (exact) mass is 274 g/mol. The lowest BCUT2D eigenvalue weighted by Gasteiger charge is -2.27. The summed E-state index contributed by atoms with van der Waals surface area (Å²) in [6, 6.07) is 6.01. The second-order valence-corrected chi connectivity index (χ2v) is 3.74. The fraction of sp³-hybridized carbons (Fsp3) is 0.250. The van der Waals surface area contributed by atoms with Crippen molar-refractivity contribution < 1.29 is 32.5 Å². The highest BCUT2D eigenvalue weighted by Crippen LogP contribution is 2.37. The number of hydrogen-bond acceptors (Lipinski definition) is 4. The van der Waals surface area contributed by atoms with E-state index in [1.165, 1.54) is 18.2 Å². The number of hydrogen-bond donors (Lipinski definition) is 1. The van der Waals surface area contributed by atoms with Crippen LogP contribution in [0.15, 0.2) is 29.8 Å². The lowest BCUT2D eigenvalue weighted by atomic mass is 10.0. The smallest absolute Gasteiger partial charge is 0.430 e. The summed E-state index contributed by atoms with van der Waals surface area (Å²) in [4.78, 5) is 11.4. The summed E-state index contributed by atoms with van der Waals surface area (Å²) in [5.74, 6) is -1.23. The molecule has 0 amide bonds. The third-order valence-electron chi connectivity index (χ3n) is 2.49. The van der Waals surface area contributed by atoms with Crippen molar-refractivity contribution in [1.29, 1.82) is 0 Å². The predicted molar refractivity (Wildman–Crippen MR) is 58.1 cm³/mol. The zero-order chi connectivity index (χ0) is 14.0. The number of alkyl halides is 3. The molecule has 1 aromatic carbocycles. The van der Waals surface area contributed by atoms with Gasteiger partial charge in [0.1, 0.15) is 5.75 Å². The Morgan fingerprint density at radius 2 is 2.05 bits per heavy atom. The van der Waals surface area contributed by atoms with Gasteiger partial charge in [0.2, 0.25) is 6.10 Å². The Kier molecular flexibility index (Phi) is 3.48. The Labute approximate surface area is 106 Å². The van der Waals surface area contributed by atoms with Gasteiger partial charge in [-0.05, 0) is 12.1 Å². The highest BCUT2D eigenvalue weighted by molar-refractivity contribution is 5.96. The van der Waals surface area contributed by atoms with Crippen LogP contribution in [0.5, 0.6) is 5.75 Å². The normalized spacial score (nSPS) is 18.1. The molecule has 0 spiro atoms. The van der Waals surface area contributed by atoms with Gasteiger partial charge in [-0.15, -0.1) is 0 Å². The first-order valence-corrected chi connectivity index (χ1v) is 5.25. The summed E-state index contributed by atoms with van der Waals surface area (Å²) in [6.07, 6.45) is -6.11. The summed E-state index contributed by atoms with van der Waals surface area (Å²) in [5.41, 5.74) is -0.354. The molecule has 1 N–H and O–H groups in total. The summed E-state index contributed by atoms with van der Waals surface area (Å²) in [5, 5.41) is 8.46. The SMILES string of the molecule is O=C(OCO)C1=Cc2ccccc2OC1C(F)(F)F. The Morgan fingerprint density at radius 1 is 1.37 bits per heavy atom. The van der Waals surface area contributed by atoms with Crippen molar-refractivity contribution in [2.24, 2.45) is 0 Å². The van der Waals surface area contributed by atoms with Gasteiger partial charge in [-0.25, -0.2) is 4.79 Å². The topological polar surface area (TPSA) is 55.8 Å². The Bertz CT molecular complexity index is 522. The maximum atomic E-state index is 12.8. The second kappa shape index (κ2) is 4.93. The number of ether oxygens (including phenoxy) is 2. The van der Waals surface area contributed by atoms with Crippen LogP contribution in [-0.2, 0) is 9.53 Å². The van der Waals surface area contributed by atoms with Gasteiger partial charge in [0.05, 0.1) is 5.57 Å². The molecule has 1 aromatic rings. The van der Waals surface area contributed by atoms with E-state index in [4.69, 9.17) is 9.84 Å². The van der Waals surface area contributed by atoms with Gasteiger partial charge in [-0.3, -0.25) is 0 Å². The number of aliphatic hydroxyl groups is 1. The lowest BCUT2D eigenvalue weighted by Crippen LogP contribution is -2.40. The summed E-state index contributed by atoms with van der Waals surface area (Å²) in [7, 11) is 0. The number of carbonyl (C=O) groups is 1. The maximum Gasteiger partial charge on any atom is 0.430 e. The van der Waals surface area contributed by atoms with Gasteiger partial charge in [-0.1, -0.05) is 18.2 Å². The highest BCUT2D eigenvalue weighted by atomic mass is 19.4. The summed E-state index contributed by atoms with van der Waals surface area (Å²) in [6.45, 7) is -0.998. The van der Waals surface area contributed by atoms with E-state index in [1.54, 1.807) is 6.07 Å². The molecule has 0 saturated carbocycles. The summed E-state index contributed by atoms with van der Waals surface area (Å²) >= 11 is 0. The third kappa shape index (κ3) is 2.70.